The average Bonchev–Trinajstić information content (AvgIpc) is 2.62. The molecule has 1 amide bonds. The van der Waals surface area contributed by atoms with E-state index in [2.05, 4.69) is 29.7 Å². The maximum absolute atomic E-state index is 12.2. The molecule has 0 aliphatic carbocycles. The van der Waals surface area contributed by atoms with Crippen LogP contribution in [0.4, 0.5) is 0 Å². The highest BCUT2D eigenvalue weighted by atomic mass is 16.1. The van der Waals surface area contributed by atoms with Crippen LogP contribution in [0.2, 0.25) is 0 Å². The average molecular weight is 347 g/mol. The molecule has 0 saturated carbocycles. The van der Waals surface area contributed by atoms with Crippen molar-refractivity contribution in [1.82, 2.24) is 10.6 Å². The van der Waals surface area contributed by atoms with Gasteiger partial charge in [0.25, 0.3) is 5.91 Å². The van der Waals surface area contributed by atoms with Gasteiger partial charge in [0.1, 0.15) is 0 Å². The number of amides is 1. The Hall–Kier alpha value is -1.35. The first-order valence-corrected chi connectivity index (χ1v) is 10.2. The highest BCUT2D eigenvalue weighted by molar-refractivity contribution is 5.94. The van der Waals surface area contributed by atoms with E-state index in [4.69, 9.17) is 0 Å². The summed E-state index contributed by atoms with van der Waals surface area (Å²) in [6, 6.07) is 8.32. The number of unbranched alkanes of at least 4 members (excludes halogenated alkanes) is 7. The van der Waals surface area contributed by atoms with Crippen molar-refractivity contribution >= 4 is 5.91 Å². The summed E-state index contributed by atoms with van der Waals surface area (Å²) in [7, 11) is 1.93. The van der Waals surface area contributed by atoms with Gasteiger partial charge in [-0.3, -0.25) is 4.79 Å². The molecule has 0 spiro atoms. The number of hydrogen-bond acceptors (Lipinski definition) is 2. The van der Waals surface area contributed by atoms with Crippen LogP contribution in [0.1, 0.15) is 87.6 Å². The Balaban J connectivity index is 2.21. The summed E-state index contributed by atoms with van der Waals surface area (Å²) in [6.07, 6.45) is 12.9. The number of rotatable bonds is 14. The normalized spacial score (nSPS) is 12.1. The Morgan fingerprint density at radius 3 is 2.16 bits per heavy atom. The third-order valence-electron chi connectivity index (χ3n) is 4.74. The molecule has 25 heavy (non-hydrogen) atoms. The molecule has 0 aliphatic rings. The maximum atomic E-state index is 12.2. The second kappa shape index (κ2) is 13.9. The SMILES string of the molecule is CCCCCCCCCCc1ccc(C(=O)N[C@@H](C)CCNC)cc1. The Morgan fingerprint density at radius 2 is 1.56 bits per heavy atom. The van der Waals surface area contributed by atoms with Crippen LogP contribution in [0, 0.1) is 0 Å². The van der Waals surface area contributed by atoms with E-state index in [-0.39, 0.29) is 11.9 Å². The fraction of sp³-hybridized carbons (Fsp3) is 0.682. The molecular weight excluding hydrogens is 308 g/mol. The van der Waals surface area contributed by atoms with Crippen molar-refractivity contribution in [3.8, 4) is 0 Å². The van der Waals surface area contributed by atoms with Crippen molar-refractivity contribution in [2.75, 3.05) is 13.6 Å². The highest BCUT2D eigenvalue weighted by Gasteiger charge is 2.09. The van der Waals surface area contributed by atoms with Gasteiger partial charge in [0.15, 0.2) is 0 Å². The molecule has 1 aromatic carbocycles. The number of benzene rings is 1. The molecule has 1 atom stereocenters. The largest absolute Gasteiger partial charge is 0.350 e. The van der Waals surface area contributed by atoms with Crippen LogP contribution in [-0.2, 0) is 6.42 Å². The lowest BCUT2D eigenvalue weighted by Gasteiger charge is -2.13. The molecule has 0 saturated heterocycles. The van der Waals surface area contributed by atoms with Gasteiger partial charge in [-0.25, -0.2) is 0 Å². The lowest BCUT2D eigenvalue weighted by Crippen LogP contribution is -2.34. The summed E-state index contributed by atoms with van der Waals surface area (Å²) in [5, 5.41) is 6.16. The Morgan fingerprint density at radius 1 is 0.960 bits per heavy atom. The third-order valence-corrected chi connectivity index (χ3v) is 4.74. The van der Waals surface area contributed by atoms with Crippen molar-refractivity contribution in [1.29, 1.82) is 0 Å². The maximum Gasteiger partial charge on any atom is 0.251 e. The van der Waals surface area contributed by atoms with E-state index in [0.29, 0.717) is 0 Å². The van der Waals surface area contributed by atoms with Crippen LogP contribution in [0.15, 0.2) is 24.3 Å². The van der Waals surface area contributed by atoms with Crippen molar-refractivity contribution < 1.29 is 4.79 Å². The molecule has 0 fully saturated rings. The fourth-order valence-corrected chi connectivity index (χ4v) is 3.03. The monoisotopic (exact) mass is 346 g/mol. The molecule has 0 aromatic heterocycles. The van der Waals surface area contributed by atoms with Crippen LogP contribution >= 0.6 is 0 Å². The third kappa shape index (κ3) is 10.3. The Labute approximate surface area is 155 Å². The molecule has 3 nitrogen and oxygen atoms in total. The summed E-state index contributed by atoms with van der Waals surface area (Å²) in [6.45, 7) is 5.23. The van der Waals surface area contributed by atoms with Gasteiger partial charge in [0.2, 0.25) is 0 Å². The minimum absolute atomic E-state index is 0.0298. The molecule has 0 bridgehead atoms. The van der Waals surface area contributed by atoms with Crippen molar-refractivity contribution in [2.24, 2.45) is 0 Å². The van der Waals surface area contributed by atoms with Crippen LogP contribution in [0.25, 0.3) is 0 Å². The van der Waals surface area contributed by atoms with Gasteiger partial charge in [0, 0.05) is 11.6 Å². The van der Waals surface area contributed by atoms with E-state index in [1.807, 2.05) is 26.1 Å². The lowest BCUT2D eigenvalue weighted by molar-refractivity contribution is 0.0938. The van der Waals surface area contributed by atoms with Crippen LogP contribution in [0.5, 0.6) is 0 Å². The summed E-state index contributed by atoms with van der Waals surface area (Å²) in [5.74, 6) is 0.0298. The topological polar surface area (TPSA) is 41.1 Å². The molecular formula is C22H38N2O. The molecule has 1 rings (SSSR count). The zero-order valence-corrected chi connectivity index (χ0v) is 16.6. The first-order valence-electron chi connectivity index (χ1n) is 10.2. The number of nitrogens with one attached hydrogen (secondary N) is 2. The number of hydrogen-bond donors (Lipinski definition) is 2. The molecule has 0 unspecified atom stereocenters. The summed E-state index contributed by atoms with van der Waals surface area (Å²) in [4.78, 5) is 12.2. The first kappa shape index (κ1) is 21.7. The predicted molar refractivity (Wildman–Crippen MR) is 108 cm³/mol. The van der Waals surface area contributed by atoms with E-state index in [0.717, 1.165) is 24.9 Å². The van der Waals surface area contributed by atoms with Crippen molar-refractivity contribution in [3.05, 3.63) is 35.4 Å². The van der Waals surface area contributed by atoms with Crippen LogP contribution in [-0.4, -0.2) is 25.5 Å². The minimum atomic E-state index is 0.0298. The summed E-state index contributed by atoms with van der Waals surface area (Å²) in [5.41, 5.74) is 2.10. The number of carbonyl (C=O) groups excluding carboxylic acids is 1. The second-order valence-electron chi connectivity index (χ2n) is 7.19. The molecule has 3 heteroatoms. The molecule has 0 heterocycles. The standard InChI is InChI=1S/C22H38N2O/c1-4-5-6-7-8-9-10-11-12-20-13-15-21(16-14-20)22(25)24-19(2)17-18-23-3/h13-16,19,23H,4-12,17-18H2,1-3H3,(H,24,25)/t19-/m0/s1. The number of carbonyl (C=O) groups is 1. The van der Waals surface area contributed by atoms with Crippen LogP contribution in [0.3, 0.4) is 0 Å². The Kier molecular flexibility index (Phi) is 12.0. The second-order valence-corrected chi connectivity index (χ2v) is 7.19. The molecule has 1 aromatic rings. The highest BCUT2D eigenvalue weighted by Crippen LogP contribution is 2.12. The zero-order chi connectivity index (χ0) is 18.3. The molecule has 0 aliphatic heterocycles. The van der Waals surface area contributed by atoms with E-state index in [1.165, 1.54) is 56.9 Å². The van der Waals surface area contributed by atoms with Gasteiger partial charge < -0.3 is 10.6 Å². The van der Waals surface area contributed by atoms with E-state index < -0.39 is 0 Å². The van der Waals surface area contributed by atoms with E-state index in [9.17, 15) is 4.79 Å². The minimum Gasteiger partial charge on any atom is -0.350 e. The van der Waals surface area contributed by atoms with Gasteiger partial charge in [-0.1, -0.05) is 64.0 Å². The summed E-state index contributed by atoms with van der Waals surface area (Å²) >= 11 is 0. The molecule has 0 radical (unpaired) electrons. The van der Waals surface area contributed by atoms with E-state index >= 15 is 0 Å². The van der Waals surface area contributed by atoms with Gasteiger partial charge >= 0.3 is 0 Å². The van der Waals surface area contributed by atoms with Crippen molar-refractivity contribution in [2.45, 2.75) is 84.1 Å². The fourth-order valence-electron chi connectivity index (χ4n) is 3.03. The van der Waals surface area contributed by atoms with Crippen molar-refractivity contribution in [3.63, 3.8) is 0 Å². The first-order chi connectivity index (χ1) is 12.2. The van der Waals surface area contributed by atoms with E-state index in [1.54, 1.807) is 0 Å². The predicted octanol–water partition coefficient (Wildman–Crippen LogP) is 5.10. The zero-order valence-electron chi connectivity index (χ0n) is 16.6. The summed E-state index contributed by atoms with van der Waals surface area (Å²) < 4.78 is 0. The lowest BCUT2D eigenvalue weighted by atomic mass is 10.0. The van der Waals surface area contributed by atoms with Crippen LogP contribution < -0.4 is 10.6 Å². The number of aryl methyl sites for hydroxylation is 1. The van der Waals surface area contributed by atoms with Gasteiger partial charge in [0.05, 0.1) is 0 Å². The van der Waals surface area contributed by atoms with Gasteiger partial charge in [-0.05, 0) is 57.5 Å². The smallest absolute Gasteiger partial charge is 0.251 e. The molecule has 2 N–H and O–H groups in total. The molecule has 142 valence electrons. The van der Waals surface area contributed by atoms with Gasteiger partial charge in [-0.15, -0.1) is 0 Å². The van der Waals surface area contributed by atoms with Gasteiger partial charge in [-0.2, -0.15) is 0 Å². The Bertz CT molecular complexity index is 456. The quantitative estimate of drug-likeness (QED) is 0.460.